The average Bonchev–Trinajstić information content (AvgIpc) is 2.85. The third-order valence-corrected chi connectivity index (χ3v) is 3.10. The minimum absolute atomic E-state index is 0.0247. The maximum atomic E-state index is 12.1. The Hall–Kier alpha value is -2.30. The number of hydrogen-bond acceptors (Lipinski definition) is 3. The van der Waals surface area contributed by atoms with Gasteiger partial charge in [-0.25, -0.2) is 0 Å². The molecule has 1 heterocycles. The highest BCUT2D eigenvalue weighted by Gasteiger charge is 2.19. The Morgan fingerprint density at radius 3 is 2.59 bits per heavy atom. The number of carbonyl (C=O) groups is 1. The zero-order valence-electron chi connectivity index (χ0n) is 13.6. The highest BCUT2D eigenvalue weighted by atomic mass is 16.2. The number of anilines is 1. The van der Waals surface area contributed by atoms with Crippen molar-refractivity contribution in [3.05, 3.63) is 48.3 Å². The number of benzene rings is 1. The van der Waals surface area contributed by atoms with E-state index in [-0.39, 0.29) is 17.5 Å². The summed E-state index contributed by atoms with van der Waals surface area (Å²) in [5.41, 5.74) is 1.80. The van der Waals surface area contributed by atoms with E-state index in [1.165, 1.54) is 5.56 Å². The van der Waals surface area contributed by atoms with Gasteiger partial charge in [0.1, 0.15) is 6.04 Å². The Morgan fingerprint density at radius 2 is 1.95 bits per heavy atom. The predicted molar refractivity (Wildman–Crippen MR) is 88.8 cm³/mol. The van der Waals surface area contributed by atoms with Gasteiger partial charge in [-0.05, 0) is 33.3 Å². The van der Waals surface area contributed by atoms with Crippen molar-refractivity contribution in [1.29, 1.82) is 0 Å². The van der Waals surface area contributed by atoms with Crippen molar-refractivity contribution in [2.45, 2.75) is 45.8 Å². The van der Waals surface area contributed by atoms with E-state index in [1.807, 2.05) is 56.8 Å². The second-order valence-corrected chi connectivity index (χ2v) is 6.52. The molecule has 5 heteroatoms. The fraction of sp³-hybridized carbons (Fsp3) is 0.412. The third kappa shape index (κ3) is 4.91. The average molecular weight is 300 g/mol. The van der Waals surface area contributed by atoms with Crippen LogP contribution in [0.25, 0.3) is 0 Å². The molecular weight excluding hydrogens is 276 g/mol. The lowest BCUT2D eigenvalue weighted by atomic mass is 10.1. The molecule has 22 heavy (non-hydrogen) atoms. The minimum Gasteiger partial charge on any atom is -0.371 e. The Bertz CT molecular complexity index is 613. The molecule has 2 N–H and O–H groups in total. The van der Waals surface area contributed by atoms with E-state index in [0.717, 1.165) is 5.69 Å². The van der Waals surface area contributed by atoms with Crippen LogP contribution < -0.4 is 10.6 Å². The van der Waals surface area contributed by atoms with E-state index in [4.69, 9.17) is 0 Å². The molecular formula is C17H24N4O. The molecule has 1 atom stereocenters. The zero-order chi connectivity index (χ0) is 16.2. The molecule has 0 bridgehead atoms. The van der Waals surface area contributed by atoms with Gasteiger partial charge in [-0.2, -0.15) is 5.10 Å². The summed E-state index contributed by atoms with van der Waals surface area (Å²) in [6.45, 7) is 8.46. The van der Waals surface area contributed by atoms with E-state index in [0.29, 0.717) is 6.54 Å². The Labute approximate surface area is 131 Å². The van der Waals surface area contributed by atoms with Crippen molar-refractivity contribution in [3.8, 4) is 0 Å². The first-order valence-corrected chi connectivity index (χ1v) is 7.48. The summed E-state index contributed by atoms with van der Waals surface area (Å²) >= 11 is 0. The Balaban J connectivity index is 1.93. The predicted octanol–water partition coefficient (Wildman–Crippen LogP) is 2.65. The SMILES string of the molecule is CC(Nc1cnn(Cc2ccccc2)c1)C(=O)NC(C)(C)C. The van der Waals surface area contributed by atoms with Crippen LogP contribution >= 0.6 is 0 Å². The van der Waals surface area contributed by atoms with Gasteiger partial charge >= 0.3 is 0 Å². The molecule has 1 amide bonds. The second-order valence-electron chi connectivity index (χ2n) is 6.52. The molecule has 0 spiro atoms. The summed E-state index contributed by atoms with van der Waals surface area (Å²) < 4.78 is 1.85. The summed E-state index contributed by atoms with van der Waals surface area (Å²) in [4.78, 5) is 12.1. The van der Waals surface area contributed by atoms with Crippen LogP contribution in [0.2, 0.25) is 0 Å². The van der Waals surface area contributed by atoms with E-state index in [1.54, 1.807) is 6.20 Å². The molecule has 2 aromatic rings. The lowest BCUT2D eigenvalue weighted by Crippen LogP contribution is -2.47. The quantitative estimate of drug-likeness (QED) is 0.892. The second kappa shape index (κ2) is 6.64. The first kappa shape index (κ1) is 16.1. The van der Waals surface area contributed by atoms with Gasteiger partial charge in [-0.15, -0.1) is 0 Å². The van der Waals surface area contributed by atoms with Crippen LogP contribution in [0, 0.1) is 0 Å². The van der Waals surface area contributed by atoms with Gasteiger partial charge in [0.2, 0.25) is 5.91 Å². The number of amides is 1. The van der Waals surface area contributed by atoms with Gasteiger partial charge in [0, 0.05) is 11.7 Å². The maximum Gasteiger partial charge on any atom is 0.242 e. The number of nitrogens with one attached hydrogen (secondary N) is 2. The van der Waals surface area contributed by atoms with Gasteiger partial charge in [-0.1, -0.05) is 30.3 Å². The first-order chi connectivity index (χ1) is 10.3. The Morgan fingerprint density at radius 1 is 1.27 bits per heavy atom. The Kier molecular flexibility index (Phi) is 4.85. The molecule has 0 saturated heterocycles. The fourth-order valence-electron chi connectivity index (χ4n) is 2.09. The van der Waals surface area contributed by atoms with Crippen molar-refractivity contribution >= 4 is 11.6 Å². The molecule has 0 aliphatic carbocycles. The normalized spacial score (nSPS) is 12.7. The van der Waals surface area contributed by atoms with Gasteiger partial charge in [-0.3, -0.25) is 9.48 Å². The number of carbonyl (C=O) groups excluding carboxylic acids is 1. The molecule has 0 fully saturated rings. The maximum absolute atomic E-state index is 12.1. The van der Waals surface area contributed by atoms with Crippen LogP contribution in [-0.4, -0.2) is 27.3 Å². The molecule has 2 rings (SSSR count). The number of aromatic nitrogens is 2. The topological polar surface area (TPSA) is 59.0 Å². The van der Waals surface area contributed by atoms with Crippen molar-refractivity contribution in [1.82, 2.24) is 15.1 Å². The lowest BCUT2D eigenvalue weighted by Gasteiger charge is -2.23. The van der Waals surface area contributed by atoms with E-state index in [9.17, 15) is 4.79 Å². The summed E-state index contributed by atoms with van der Waals surface area (Å²) in [6.07, 6.45) is 3.65. The monoisotopic (exact) mass is 300 g/mol. The number of rotatable bonds is 5. The molecule has 1 aromatic carbocycles. The molecule has 0 radical (unpaired) electrons. The molecule has 0 aliphatic heterocycles. The van der Waals surface area contributed by atoms with Crippen LogP contribution in [0.15, 0.2) is 42.7 Å². The molecule has 118 valence electrons. The largest absolute Gasteiger partial charge is 0.371 e. The van der Waals surface area contributed by atoms with Gasteiger partial charge in [0.25, 0.3) is 0 Å². The highest BCUT2D eigenvalue weighted by molar-refractivity contribution is 5.84. The van der Waals surface area contributed by atoms with Crippen LogP contribution in [0.3, 0.4) is 0 Å². The molecule has 1 unspecified atom stereocenters. The highest BCUT2D eigenvalue weighted by Crippen LogP contribution is 2.10. The van der Waals surface area contributed by atoms with Crippen LogP contribution in [0.4, 0.5) is 5.69 Å². The number of hydrogen-bond donors (Lipinski definition) is 2. The third-order valence-electron chi connectivity index (χ3n) is 3.10. The molecule has 5 nitrogen and oxygen atoms in total. The van der Waals surface area contributed by atoms with Crippen molar-refractivity contribution in [2.75, 3.05) is 5.32 Å². The minimum atomic E-state index is -0.311. The summed E-state index contributed by atoms with van der Waals surface area (Å²) in [7, 11) is 0. The number of nitrogens with zero attached hydrogens (tertiary/aromatic N) is 2. The molecule has 0 saturated carbocycles. The first-order valence-electron chi connectivity index (χ1n) is 7.48. The van der Waals surface area contributed by atoms with Crippen molar-refractivity contribution < 1.29 is 4.79 Å². The van der Waals surface area contributed by atoms with Gasteiger partial charge in [0.15, 0.2) is 0 Å². The van der Waals surface area contributed by atoms with Gasteiger partial charge < -0.3 is 10.6 Å². The van der Waals surface area contributed by atoms with Crippen molar-refractivity contribution in [3.63, 3.8) is 0 Å². The van der Waals surface area contributed by atoms with Crippen LogP contribution in [0.1, 0.15) is 33.3 Å². The summed E-state index contributed by atoms with van der Waals surface area (Å²) in [5.74, 6) is -0.0247. The molecule has 0 aliphatic rings. The summed E-state index contributed by atoms with van der Waals surface area (Å²) in [6, 6.07) is 9.83. The summed E-state index contributed by atoms with van der Waals surface area (Å²) in [5, 5.41) is 10.5. The van der Waals surface area contributed by atoms with Crippen LogP contribution in [-0.2, 0) is 11.3 Å². The fourth-order valence-corrected chi connectivity index (χ4v) is 2.09. The van der Waals surface area contributed by atoms with Crippen molar-refractivity contribution in [2.24, 2.45) is 0 Å². The lowest BCUT2D eigenvalue weighted by molar-refractivity contribution is -0.122. The van der Waals surface area contributed by atoms with E-state index in [2.05, 4.69) is 27.9 Å². The van der Waals surface area contributed by atoms with Gasteiger partial charge in [0.05, 0.1) is 18.4 Å². The van der Waals surface area contributed by atoms with E-state index < -0.39 is 0 Å². The van der Waals surface area contributed by atoms with E-state index >= 15 is 0 Å². The smallest absolute Gasteiger partial charge is 0.242 e. The molecule has 1 aromatic heterocycles. The van der Waals surface area contributed by atoms with Crippen LogP contribution in [0.5, 0.6) is 0 Å². The standard InChI is InChI=1S/C17H24N4O/c1-13(16(22)20-17(2,3)4)19-15-10-18-21(12-15)11-14-8-6-5-7-9-14/h5-10,12-13,19H,11H2,1-4H3,(H,20,22). The zero-order valence-corrected chi connectivity index (χ0v) is 13.6.